The summed E-state index contributed by atoms with van der Waals surface area (Å²) in [6.45, 7) is 2.85. The molecular weight excluding hydrogens is 230 g/mol. The fourth-order valence-corrected chi connectivity index (χ4v) is 1.68. The molecule has 5 nitrogen and oxygen atoms in total. The predicted octanol–water partition coefficient (Wildman–Crippen LogP) is 1.06. The van der Waals surface area contributed by atoms with Gasteiger partial charge in [0.25, 0.3) is 0 Å². The fourth-order valence-electron chi connectivity index (χ4n) is 1.68. The Hall–Kier alpha value is -1.10. The van der Waals surface area contributed by atoms with Gasteiger partial charge in [-0.05, 0) is 12.8 Å². The van der Waals surface area contributed by atoms with Crippen LogP contribution in [0.1, 0.15) is 58.3 Å². The van der Waals surface area contributed by atoms with E-state index in [1.165, 1.54) is 25.7 Å². The van der Waals surface area contributed by atoms with Gasteiger partial charge < -0.3 is 16.8 Å². The highest BCUT2D eigenvalue weighted by Crippen LogP contribution is 2.04. The van der Waals surface area contributed by atoms with E-state index in [-0.39, 0.29) is 12.3 Å². The molecule has 0 aliphatic rings. The number of rotatable bonds is 11. The van der Waals surface area contributed by atoms with E-state index < -0.39 is 11.9 Å². The van der Waals surface area contributed by atoms with Crippen molar-refractivity contribution in [1.82, 2.24) is 5.32 Å². The summed E-state index contributed by atoms with van der Waals surface area (Å²) in [7, 11) is 0. The topological polar surface area (TPSA) is 98.2 Å². The Balaban J connectivity index is 3.43. The van der Waals surface area contributed by atoms with Crippen molar-refractivity contribution < 1.29 is 9.59 Å². The van der Waals surface area contributed by atoms with Gasteiger partial charge in [-0.3, -0.25) is 9.59 Å². The number of hydrogen-bond donors (Lipinski definition) is 3. The zero-order valence-electron chi connectivity index (χ0n) is 11.4. The first-order chi connectivity index (χ1) is 8.57. The lowest BCUT2D eigenvalue weighted by molar-refractivity contribution is -0.122. The van der Waals surface area contributed by atoms with Gasteiger partial charge in [-0.1, -0.05) is 39.0 Å². The molecule has 0 aliphatic carbocycles. The Labute approximate surface area is 110 Å². The third kappa shape index (κ3) is 10.1. The van der Waals surface area contributed by atoms with Crippen LogP contribution in [0, 0.1) is 0 Å². The van der Waals surface area contributed by atoms with Gasteiger partial charge in [0.15, 0.2) is 0 Å². The lowest BCUT2D eigenvalue weighted by Crippen LogP contribution is -2.41. The number of nitrogens with one attached hydrogen (secondary N) is 1. The molecule has 5 N–H and O–H groups in total. The van der Waals surface area contributed by atoms with E-state index >= 15 is 0 Å². The minimum absolute atomic E-state index is 0.158. The van der Waals surface area contributed by atoms with Crippen molar-refractivity contribution in [2.45, 2.75) is 64.3 Å². The molecule has 5 heteroatoms. The van der Waals surface area contributed by atoms with Gasteiger partial charge in [0.1, 0.15) is 0 Å². The zero-order valence-corrected chi connectivity index (χ0v) is 11.4. The second-order valence-electron chi connectivity index (χ2n) is 4.67. The average molecular weight is 257 g/mol. The number of carbonyl (C=O) groups excluding carboxylic acids is 2. The van der Waals surface area contributed by atoms with Crippen molar-refractivity contribution in [3.63, 3.8) is 0 Å². The number of hydrogen-bond acceptors (Lipinski definition) is 3. The highest BCUT2D eigenvalue weighted by atomic mass is 16.2. The van der Waals surface area contributed by atoms with Crippen molar-refractivity contribution in [2.24, 2.45) is 11.5 Å². The molecule has 0 rings (SSSR count). The lowest BCUT2D eigenvalue weighted by atomic mass is 10.1. The Morgan fingerprint density at radius 1 is 1.11 bits per heavy atom. The van der Waals surface area contributed by atoms with Crippen LogP contribution in [0.2, 0.25) is 0 Å². The van der Waals surface area contributed by atoms with Crippen LogP contribution in [0.3, 0.4) is 0 Å². The first kappa shape index (κ1) is 16.9. The molecule has 0 bridgehead atoms. The van der Waals surface area contributed by atoms with Gasteiger partial charge in [0, 0.05) is 13.0 Å². The molecule has 0 aromatic rings. The monoisotopic (exact) mass is 257 g/mol. The lowest BCUT2D eigenvalue weighted by Gasteiger charge is -2.11. The second kappa shape index (κ2) is 11.0. The molecule has 0 spiro atoms. The zero-order chi connectivity index (χ0) is 13.8. The number of nitrogens with two attached hydrogens (primary N) is 2. The number of primary amides is 1. The summed E-state index contributed by atoms with van der Waals surface area (Å²) in [5, 5.41) is 2.78. The highest BCUT2D eigenvalue weighted by molar-refractivity contribution is 5.82. The smallest absolute Gasteiger partial charge is 0.236 e. The standard InChI is InChI=1S/C13H27N3O2/c1-2-3-4-5-6-7-10-16-13(18)11(14)8-9-12(15)17/h11H,2-10,14H2,1H3,(H2,15,17)(H,16,18)/t11-/m0/s1. The van der Waals surface area contributed by atoms with E-state index in [0.717, 1.165) is 12.8 Å². The van der Waals surface area contributed by atoms with Gasteiger partial charge >= 0.3 is 0 Å². The molecule has 0 saturated carbocycles. The van der Waals surface area contributed by atoms with Crippen molar-refractivity contribution in [3.8, 4) is 0 Å². The summed E-state index contributed by atoms with van der Waals surface area (Å²) in [5.74, 6) is -0.612. The third-order valence-corrected chi connectivity index (χ3v) is 2.87. The van der Waals surface area contributed by atoms with E-state index in [1.807, 2.05) is 0 Å². The Kier molecular flexibility index (Phi) is 10.3. The van der Waals surface area contributed by atoms with Crippen LogP contribution in [0.4, 0.5) is 0 Å². The van der Waals surface area contributed by atoms with Gasteiger partial charge in [-0.25, -0.2) is 0 Å². The molecule has 106 valence electrons. The quantitative estimate of drug-likeness (QED) is 0.483. The van der Waals surface area contributed by atoms with Crippen LogP contribution in [0.25, 0.3) is 0 Å². The average Bonchev–Trinajstić information content (AvgIpc) is 2.34. The van der Waals surface area contributed by atoms with Gasteiger partial charge in [-0.15, -0.1) is 0 Å². The summed E-state index contributed by atoms with van der Waals surface area (Å²) in [6.07, 6.45) is 7.61. The summed E-state index contributed by atoms with van der Waals surface area (Å²) in [6, 6.07) is -0.627. The molecule has 0 aromatic carbocycles. The summed E-state index contributed by atoms with van der Waals surface area (Å²) in [4.78, 5) is 22.0. The molecule has 2 amide bonds. The fraction of sp³-hybridized carbons (Fsp3) is 0.846. The summed E-state index contributed by atoms with van der Waals surface area (Å²) in [5.41, 5.74) is 10.6. The van der Waals surface area contributed by atoms with E-state index in [4.69, 9.17) is 11.5 Å². The van der Waals surface area contributed by atoms with E-state index in [0.29, 0.717) is 13.0 Å². The first-order valence-electron chi connectivity index (χ1n) is 6.89. The molecule has 0 heterocycles. The van der Waals surface area contributed by atoms with Crippen LogP contribution in [0.5, 0.6) is 0 Å². The summed E-state index contributed by atoms with van der Waals surface area (Å²) < 4.78 is 0. The van der Waals surface area contributed by atoms with Gasteiger partial charge in [0.2, 0.25) is 11.8 Å². The maximum atomic E-state index is 11.5. The second-order valence-corrected chi connectivity index (χ2v) is 4.67. The molecule has 1 atom stereocenters. The van der Waals surface area contributed by atoms with Crippen LogP contribution in [0.15, 0.2) is 0 Å². The maximum Gasteiger partial charge on any atom is 0.236 e. The SMILES string of the molecule is CCCCCCCCNC(=O)[C@@H](N)CCC(N)=O. The van der Waals surface area contributed by atoms with Crippen molar-refractivity contribution >= 4 is 11.8 Å². The number of carbonyl (C=O) groups is 2. The van der Waals surface area contributed by atoms with Crippen molar-refractivity contribution in [3.05, 3.63) is 0 Å². The Morgan fingerprint density at radius 2 is 1.72 bits per heavy atom. The van der Waals surface area contributed by atoms with Crippen molar-refractivity contribution in [1.29, 1.82) is 0 Å². The van der Waals surface area contributed by atoms with E-state index in [9.17, 15) is 9.59 Å². The Bertz CT molecular complexity index is 244. The van der Waals surface area contributed by atoms with E-state index in [1.54, 1.807) is 0 Å². The predicted molar refractivity (Wildman–Crippen MR) is 72.8 cm³/mol. The Morgan fingerprint density at radius 3 is 2.33 bits per heavy atom. The largest absolute Gasteiger partial charge is 0.370 e. The number of amides is 2. The first-order valence-corrected chi connectivity index (χ1v) is 6.89. The molecule has 0 aliphatic heterocycles. The summed E-state index contributed by atoms with van der Waals surface area (Å²) >= 11 is 0. The molecule has 0 fully saturated rings. The third-order valence-electron chi connectivity index (χ3n) is 2.87. The van der Waals surface area contributed by atoms with Crippen LogP contribution in [-0.4, -0.2) is 24.4 Å². The van der Waals surface area contributed by atoms with E-state index in [2.05, 4.69) is 12.2 Å². The van der Waals surface area contributed by atoms with Crippen LogP contribution >= 0.6 is 0 Å². The molecule has 0 aromatic heterocycles. The number of unbranched alkanes of at least 4 members (excludes halogenated alkanes) is 5. The highest BCUT2D eigenvalue weighted by Gasteiger charge is 2.13. The molecule has 0 unspecified atom stereocenters. The molecule has 18 heavy (non-hydrogen) atoms. The van der Waals surface area contributed by atoms with Crippen LogP contribution in [-0.2, 0) is 9.59 Å². The van der Waals surface area contributed by atoms with Crippen LogP contribution < -0.4 is 16.8 Å². The van der Waals surface area contributed by atoms with Gasteiger partial charge in [0.05, 0.1) is 6.04 Å². The minimum atomic E-state index is -0.627. The molecular formula is C13H27N3O2. The molecule has 0 saturated heterocycles. The van der Waals surface area contributed by atoms with Crippen molar-refractivity contribution in [2.75, 3.05) is 6.54 Å². The minimum Gasteiger partial charge on any atom is -0.370 e. The van der Waals surface area contributed by atoms with Gasteiger partial charge in [-0.2, -0.15) is 0 Å². The maximum absolute atomic E-state index is 11.5. The normalized spacial score (nSPS) is 12.1. The molecule has 0 radical (unpaired) electrons.